The number of benzene rings is 2. The second-order valence-electron chi connectivity index (χ2n) is 3.91. The maximum Gasteiger partial charge on any atom is 0.150 e. The van der Waals surface area contributed by atoms with Crippen LogP contribution in [0.2, 0.25) is 0 Å². The van der Waals surface area contributed by atoms with Crippen LogP contribution in [0.15, 0.2) is 30.3 Å². The predicted octanol–water partition coefficient (Wildman–Crippen LogP) is 3.89. The number of rotatable bonds is 2. The summed E-state index contributed by atoms with van der Waals surface area (Å²) >= 11 is 0. The van der Waals surface area contributed by atoms with Crippen LogP contribution in [0.1, 0.15) is 15.9 Å². The minimum Gasteiger partial charge on any atom is -0.298 e. The average molecular weight is 250 g/mol. The summed E-state index contributed by atoms with van der Waals surface area (Å²) in [5, 5.41) is 0. The largest absolute Gasteiger partial charge is 0.298 e. The number of carbonyl (C=O) groups is 1. The summed E-state index contributed by atoms with van der Waals surface area (Å²) in [7, 11) is 0. The summed E-state index contributed by atoms with van der Waals surface area (Å²) in [5.41, 5.74) is -0.265. The van der Waals surface area contributed by atoms with Gasteiger partial charge >= 0.3 is 0 Å². The monoisotopic (exact) mass is 250 g/mol. The van der Waals surface area contributed by atoms with Gasteiger partial charge in [-0.2, -0.15) is 0 Å². The van der Waals surface area contributed by atoms with Crippen LogP contribution < -0.4 is 0 Å². The SMILES string of the molecule is Cc1ccc(F)c(-c2ccc(C=O)cc2F)c1F. The third-order valence-corrected chi connectivity index (χ3v) is 2.68. The molecule has 0 N–H and O–H groups in total. The van der Waals surface area contributed by atoms with Gasteiger partial charge < -0.3 is 0 Å². The van der Waals surface area contributed by atoms with Gasteiger partial charge in [0.2, 0.25) is 0 Å². The van der Waals surface area contributed by atoms with Crippen molar-refractivity contribution in [1.29, 1.82) is 0 Å². The van der Waals surface area contributed by atoms with E-state index in [4.69, 9.17) is 0 Å². The van der Waals surface area contributed by atoms with Gasteiger partial charge in [0.05, 0.1) is 5.56 Å². The third-order valence-electron chi connectivity index (χ3n) is 2.68. The van der Waals surface area contributed by atoms with E-state index in [1.54, 1.807) is 0 Å². The van der Waals surface area contributed by atoms with E-state index < -0.39 is 23.0 Å². The lowest BCUT2D eigenvalue weighted by atomic mass is 10.00. The van der Waals surface area contributed by atoms with Gasteiger partial charge in [0, 0.05) is 11.1 Å². The van der Waals surface area contributed by atoms with Gasteiger partial charge in [-0.3, -0.25) is 4.79 Å². The zero-order valence-corrected chi connectivity index (χ0v) is 9.51. The van der Waals surface area contributed by atoms with Gasteiger partial charge in [-0.15, -0.1) is 0 Å². The van der Waals surface area contributed by atoms with E-state index in [1.807, 2.05) is 0 Å². The molecule has 0 spiro atoms. The van der Waals surface area contributed by atoms with Crippen molar-refractivity contribution in [2.75, 3.05) is 0 Å². The molecule has 0 bridgehead atoms. The Morgan fingerprint density at radius 3 is 2.33 bits per heavy atom. The fraction of sp³-hybridized carbons (Fsp3) is 0.0714. The molecule has 0 saturated heterocycles. The summed E-state index contributed by atoms with van der Waals surface area (Å²) in [4.78, 5) is 10.5. The molecule has 0 heterocycles. The highest BCUT2D eigenvalue weighted by atomic mass is 19.1. The van der Waals surface area contributed by atoms with Crippen LogP contribution >= 0.6 is 0 Å². The first-order chi connectivity index (χ1) is 8.54. The maximum absolute atomic E-state index is 13.8. The Balaban J connectivity index is 2.69. The molecular weight excluding hydrogens is 241 g/mol. The first kappa shape index (κ1) is 12.4. The van der Waals surface area contributed by atoms with E-state index in [-0.39, 0.29) is 16.7 Å². The molecular formula is C14H9F3O. The highest BCUT2D eigenvalue weighted by Gasteiger charge is 2.17. The molecule has 2 aromatic carbocycles. The summed E-state index contributed by atoms with van der Waals surface area (Å²) < 4.78 is 41.2. The Morgan fingerprint density at radius 1 is 1.00 bits per heavy atom. The number of hydrogen-bond donors (Lipinski definition) is 0. The molecule has 0 aromatic heterocycles. The average Bonchev–Trinajstić information content (AvgIpc) is 2.36. The molecule has 92 valence electrons. The van der Waals surface area contributed by atoms with Crippen molar-refractivity contribution in [2.24, 2.45) is 0 Å². The molecule has 0 atom stereocenters. The molecule has 0 amide bonds. The first-order valence-corrected chi connectivity index (χ1v) is 5.24. The topological polar surface area (TPSA) is 17.1 Å². The van der Waals surface area contributed by atoms with Crippen molar-refractivity contribution < 1.29 is 18.0 Å². The number of aldehydes is 1. The van der Waals surface area contributed by atoms with Crippen LogP contribution in [0.5, 0.6) is 0 Å². The lowest BCUT2D eigenvalue weighted by Crippen LogP contribution is -1.96. The first-order valence-electron chi connectivity index (χ1n) is 5.24. The van der Waals surface area contributed by atoms with Crippen LogP contribution in [-0.2, 0) is 0 Å². The number of halogens is 3. The standard InChI is InChI=1S/C14H9F3O/c1-8-2-5-11(15)13(14(8)17)10-4-3-9(7-18)6-12(10)16/h2-7H,1H3. The zero-order chi connectivity index (χ0) is 13.3. The summed E-state index contributed by atoms with van der Waals surface area (Å²) in [5.74, 6) is -2.47. The van der Waals surface area contributed by atoms with Gasteiger partial charge in [-0.1, -0.05) is 18.2 Å². The highest BCUT2D eigenvalue weighted by molar-refractivity contribution is 5.77. The van der Waals surface area contributed by atoms with Gasteiger partial charge in [0.1, 0.15) is 23.7 Å². The van der Waals surface area contributed by atoms with Crippen molar-refractivity contribution >= 4 is 6.29 Å². The summed E-state index contributed by atoms with van der Waals surface area (Å²) in [6.07, 6.45) is 0.468. The van der Waals surface area contributed by atoms with Crippen molar-refractivity contribution in [2.45, 2.75) is 6.92 Å². The Labute approximate surface area is 102 Å². The molecule has 0 fully saturated rings. The van der Waals surface area contributed by atoms with Crippen LogP contribution in [0.4, 0.5) is 13.2 Å². The second-order valence-corrected chi connectivity index (χ2v) is 3.91. The Bertz CT molecular complexity index is 621. The van der Waals surface area contributed by atoms with E-state index in [2.05, 4.69) is 0 Å². The van der Waals surface area contributed by atoms with Gasteiger partial charge in [0.15, 0.2) is 0 Å². The molecule has 2 rings (SSSR count). The van der Waals surface area contributed by atoms with E-state index in [0.29, 0.717) is 6.29 Å². The minimum atomic E-state index is -0.837. The smallest absolute Gasteiger partial charge is 0.150 e. The van der Waals surface area contributed by atoms with E-state index in [9.17, 15) is 18.0 Å². The normalized spacial score (nSPS) is 10.4. The molecule has 0 radical (unpaired) electrons. The van der Waals surface area contributed by atoms with Crippen LogP contribution in [0.25, 0.3) is 11.1 Å². The summed E-state index contributed by atoms with van der Waals surface area (Å²) in [6.45, 7) is 1.47. The molecule has 0 aliphatic carbocycles. The van der Waals surface area contributed by atoms with Gasteiger partial charge in [0.25, 0.3) is 0 Å². The fourth-order valence-electron chi connectivity index (χ4n) is 1.71. The minimum absolute atomic E-state index is 0.115. The van der Waals surface area contributed by atoms with Gasteiger partial charge in [-0.05, 0) is 24.6 Å². The predicted molar refractivity (Wildman–Crippen MR) is 61.9 cm³/mol. The Hall–Kier alpha value is -2.10. The molecule has 18 heavy (non-hydrogen) atoms. The molecule has 1 nitrogen and oxygen atoms in total. The molecule has 2 aromatic rings. The lowest BCUT2D eigenvalue weighted by molar-refractivity contribution is 0.112. The summed E-state index contributed by atoms with van der Waals surface area (Å²) in [6, 6.07) is 5.82. The van der Waals surface area contributed by atoms with E-state index in [0.717, 1.165) is 12.1 Å². The third kappa shape index (κ3) is 2.01. The molecule has 0 aliphatic heterocycles. The molecule has 0 saturated carbocycles. The van der Waals surface area contributed by atoms with E-state index >= 15 is 0 Å². The Kier molecular flexibility index (Phi) is 3.19. The highest BCUT2D eigenvalue weighted by Crippen LogP contribution is 2.30. The molecule has 0 aliphatic rings. The lowest BCUT2D eigenvalue weighted by Gasteiger charge is -2.08. The van der Waals surface area contributed by atoms with Crippen molar-refractivity contribution in [3.05, 3.63) is 58.9 Å². The van der Waals surface area contributed by atoms with Crippen LogP contribution in [-0.4, -0.2) is 6.29 Å². The van der Waals surface area contributed by atoms with Gasteiger partial charge in [-0.25, -0.2) is 13.2 Å². The maximum atomic E-state index is 13.8. The quantitative estimate of drug-likeness (QED) is 0.739. The Morgan fingerprint density at radius 2 is 1.72 bits per heavy atom. The number of aryl methyl sites for hydroxylation is 1. The van der Waals surface area contributed by atoms with E-state index in [1.165, 1.54) is 25.1 Å². The van der Waals surface area contributed by atoms with Crippen molar-refractivity contribution in [1.82, 2.24) is 0 Å². The fourth-order valence-corrected chi connectivity index (χ4v) is 1.71. The van der Waals surface area contributed by atoms with Crippen molar-refractivity contribution in [3.63, 3.8) is 0 Å². The number of carbonyl (C=O) groups excluding carboxylic acids is 1. The number of hydrogen-bond acceptors (Lipinski definition) is 1. The van der Waals surface area contributed by atoms with Crippen LogP contribution in [0, 0.1) is 24.4 Å². The second kappa shape index (κ2) is 4.64. The van der Waals surface area contributed by atoms with Crippen molar-refractivity contribution in [3.8, 4) is 11.1 Å². The molecule has 4 heteroatoms. The zero-order valence-electron chi connectivity index (χ0n) is 9.51. The molecule has 0 unspecified atom stereocenters. The van der Waals surface area contributed by atoms with Crippen LogP contribution in [0.3, 0.4) is 0 Å².